The van der Waals surface area contributed by atoms with Crippen LogP contribution in [0.15, 0.2) is 48.5 Å². The minimum Gasteiger partial charge on any atom is -0.497 e. The van der Waals surface area contributed by atoms with E-state index in [4.69, 9.17) is 19.3 Å². The van der Waals surface area contributed by atoms with E-state index in [9.17, 15) is 4.79 Å². The molecule has 0 aliphatic carbocycles. The van der Waals surface area contributed by atoms with Crippen LogP contribution in [0, 0.1) is 0 Å². The van der Waals surface area contributed by atoms with Crippen LogP contribution in [0.4, 0.5) is 0 Å². The van der Waals surface area contributed by atoms with Gasteiger partial charge in [0.25, 0.3) is 0 Å². The first-order chi connectivity index (χ1) is 15.2. The zero-order valence-corrected chi connectivity index (χ0v) is 18.3. The van der Waals surface area contributed by atoms with Crippen LogP contribution < -0.4 is 9.47 Å². The third-order valence-corrected chi connectivity index (χ3v) is 5.54. The van der Waals surface area contributed by atoms with E-state index in [1.54, 1.807) is 7.11 Å². The number of carboxylic acids is 1. The molecule has 168 valence electrons. The molecule has 1 aliphatic heterocycles. The van der Waals surface area contributed by atoms with Crippen LogP contribution in [0.2, 0.25) is 0 Å². The topological polar surface area (TPSA) is 68.2 Å². The predicted octanol–water partition coefficient (Wildman–Crippen LogP) is 4.16. The fourth-order valence-corrected chi connectivity index (χ4v) is 3.89. The van der Waals surface area contributed by atoms with Crippen LogP contribution in [-0.2, 0) is 22.4 Å². The zero-order valence-electron chi connectivity index (χ0n) is 18.3. The van der Waals surface area contributed by atoms with Crippen molar-refractivity contribution in [3.63, 3.8) is 0 Å². The molecule has 2 aromatic carbocycles. The second-order valence-corrected chi connectivity index (χ2v) is 7.83. The van der Waals surface area contributed by atoms with Crippen molar-refractivity contribution in [1.82, 2.24) is 4.90 Å². The Labute approximate surface area is 184 Å². The number of aryl methyl sites for hydroxylation is 2. The molecule has 0 aromatic heterocycles. The van der Waals surface area contributed by atoms with Crippen molar-refractivity contribution in [2.45, 2.75) is 44.8 Å². The number of rotatable bonds is 13. The molecule has 0 amide bonds. The van der Waals surface area contributed by atoms with Gasteiger partial charge in [0.2, 0.25) is 0 Å². The number of carboxylic acid groups (broad SMARTS) is 1. The summed E-state index contributed by atoms with van der Waals surface area (Å²) in [5.41, 5.74) is 2.40. The van der Waals surface area contributed by atoms with E-state index in [0.29, 0.717) is 19.6 Å². The van der Waals surface area contributed by atoms with Gasteiger partial charge in [0.05, 0.1) is 26.7 Å². The van der Waals surface area contributed by atoms with E-state index >= 15 is 0 Å². The summed E-state index contributed by atoms with van der Waals surface area (Å²) in [6.45, 7) is 2.85. The maximum atomic E-state index is 11.1. The molecular weight excluding hydrogens is 394 g/mol. The molecule has 1 fully saturated rings. The largest absolute Gasteiger partial charge is 0.497 e. The van der Waals surface area contributed by atoms with Gasteiger partial charge in [-0.15, -0.1) is 0 Å². The van der Waals surface area contributed by atoms with Crippen LogP contribution >= 0.6 is 0 Å². The molecule has 6 heteroatoms. The number of likely N-dealkylation sites (tertiary alicyclic amines) is 1. The summed E-state index contributed by atoms with van der Waals surface area (Å²) >= 11 is 0. The van der Waals surface area contributed by atoms with Gasteiger partial charge in [-0.05, 0) is 55.0 Å². The quantitative estimate of drug-likeness (QED) is 0.484. The maximum absolute atomic E-state index is 11.1. The number of para-hydroxylation sites is 1. The SMILES string of the molecule is COc1cccc(CCc2ccccc2OCCCOC(CC(=O)O)N2CCCC2)c1. The summed E-state index contributed by atoms with van der Waals surface area (Å²) in [6, 6.07) is 16.2. The molecule has 0 bridgehead atoms. The van der Waals surface area contributed by atoms with Crippen LogP contribution in [0.1, 0.15) is 36.8 Å². The molecule has 1 saturated heterocycles. The van der Waals surface area contributed by atoms with Gasteiger partial charge in [-0.1, -0.05) is 30.3 Å². The highest BCUT2D eigenvalue weighted by molar-refractivity contribution is 5.67. The lowest BCUT2D eigenvalue weighted by molar-refractivity contribution is -0.145. The molecule has 1 heterocycles. The van der Waals surface area contributed by atoms with Gasteiger partial charge in [0, 0.05) is 19.5 Å². The average molecular weight is 428 g/mol. The molecule has 1 unspecified atom stereocenters. The first-order valence-electron chi connectivity index (χ1n) is 11.1. The Bertz CT molecular complexity index is 819. The highest BCUT2D eigenvalue weighted by Gasteiger charge is 2.24. The van der Waals surface area contributed by atoms with Crippen molar-refractivity contribution in [3.05, 3.63) is 59.7 Å². The summed E-state index contributed by atoms with van der Waals surface area (Å²) in [5, 5.41) is 9.15. The van der Waals surface area contributed by atoms with Crippen molar-refractivity contribution in [3.8, 4) is 11.5 Å². The van der Waals surface area contributed by atoms with E-state index in [2.05, 4.69) is 23.1 Å². The van der Waals surface area contributed by atoms with Gasteiger partial charge in [-0.3, -0.25) is 9.69 Å². The first kappa shape index (κ1) is 23.1. The number of benzene rings is 2. The molecule has 2 aromatic rings. The molecular formula is C25H33NO5. The van der Waals surface area contributed by atoms with Crippen LogP contribution in [0.5, 0.6) is 11.5 Å². The van der Waals surface area contributed by atoms with Gasteiger partial charge >= 0.3 is 5.97 Å². The number of aliphatic carboxylic acids is 1. The Kier molecular flexibility index (Phi) is 9.18. The van der Waals surface area contributed by atoms with E-state index in [1.165, 1.54) is 11.1 Å². The summed E-state index contributed by atoms with van der Waals surface area (Å²) < 4.78 is 17.2. The highest BCUT2D eigenvalue weighted by Crippen LogP contribution is 2.22. The Balaban J connectivity index is 1.44. The molecule has 0 spiro atoms. The van der Waals surface area contributed by atoms with Gasteiger partial charge < -0.3 is 19.3 Å². The number of carbonyl (C=O) groups is 1. The van der Waals surface area contributed by atoms with Gasteiger partial charge in [0.15, 0.2) is 0 Å². The van der Waals surface area contributed by atoms with Crippen molar-refractivity contribution < 1.29 is 24.1 Å². The highest BCUT2D eigenvalue weighted by atomic mass is 16.5. The fourth-order valence-electron chi connectivity index (χ4n) is 3.89. The molecule has 6 nitrogen and oxygen atoms in total. The first-order valence-corrected chi connectivity index (χ1v) is 11.1. The van der Waals surface area contributed by atoms with Gasteiger partial charge in [-0.2, -0.15) is 0 Å². The number of methoxy groups -OCH3 is 1. The molecule has 0 saturated carbocycles. The van der Waals surface area contributed by atoms with Crippen LogP contribution in [0.3, 0.4) is 0 Å². The third-order valence-electron chi connectivity index (χ3n) is 5.54. The lowest BCUT2D eigenvalue weighted by atomic mass is 10.0. The number of nitrogens with zero attached hydrogens (tertiary/aromatic N) is 1. The Morgan fingerprint density at radius 2 is 1.87 bits per heavy atom. The minimum atomic E-state index is -0.821. The van der Waals surface area contributed by atoms with Crippen molar-refractivity contribution in [1.29, 1.82) is 0 Å². The van der Waals surface area contributed by atoms with Crippen molar-refractivity contribution >= 4 is 5.97 Å². The molecule has 31 heavy (non-hydrogen) atoms. The van der Waals surface area contributed by atoms with Gasteiger partial charge in [0.1, 0.15) is 17.7 Å². The summed E-state index contributed by atoms with van der Waals surface area (Å²) in [4.78, 5) is 13.3. The Morgan fingerprint density at radius 3 is 2.65 bits per heavy atom. The molecule has 3 rings (SSSR count). The number of hydrogen-bond donors (Lipinski definition) is 1. The van der Waals surface area contributed by atoms with Crippen LogP contribution in [0.25, 0.3) is 0 Å². The van der Waals surface area contributed by atoms with E-state index in [1.807, 2.05) is 30.3 Å². The average Bonchev–Trinajstić information content (AvgIpc) is 3.32. The van der Waals surface area contributed by atoms with Crippen LogP contribution in [-0.4, -0.2) is 55.6 Å². The summed E-state index contributed by atoms with van der Waals surface area (Å²) in [6.07, 6.45) is 4.41. The summed E-state index contributed by atoms with van der Waals surface area (Å²) in [5.74, 6) is 0.947. The lowest BCUT2D eigenvalue weighted by Gasteiger charge is -2.26. The minimum absolute atomic E-state index is 0.0218. The third kappa shape index (κ3) is 7.56. The second kappa shape index (κ2) is 12.3. The number of ether oxygens (including phenoxy) is 3. The summed E-state index contributed by atoms with van der Waals surface area (Å²) in [7, 11) is 1.68. The van der Waals surface area contributed by atoms with E-state index in [-0.39, 0.29) is 12.6 Å². The molecule has 1 aliphatic rings. The monoisotopic (exact) mass is 427 g/mol. The lowest BCUT2D eigenvalue weighted by Crippen LogP contribution is -2.37. The molecule has 1 N–H and O–H groups in total. The molecule has 0 radical (unpaired) electrons. The standard InChI is InChI=1S/C25H33NO5/c1-29-22-10-6-8-20(18-22)12-13-21-9-2-3-11-23(21)30-16-7-17-31-24(19-25(27)28)26-14-4-5-15-26/h2-3,6,8-11,18,24H,4-5,7,12-17,19H2,1H3,(H,27,28). The number of hydrogen-bond acceptors (Lipinski definition) is 5. The van der Waals surface area contributed by atoms with Gasteiger partial charge in [-0.25, -0.2) is 0 Å². The Hall–Kier alpha value is -2.57. The van der Waals surface area contributed by atoms with Crippen molar-refractivity contribution in [2.75, 3.05) is 33.4 Å². The maximum Gasteiger partial charge on any atom is 0.307 e. The smallest absolute Gasteiger partial charge is 0.307 e. The predicted molar refractivity (Wildman–Crippen MR) is 120 cm³/mol. The zero-order chi connectivity index (χ0) is 21.9. The van der Waals surface area contributed by atoms with Crippen molar-refractivity contribution in [2.24, 2.45) is 0 Å². The van der Waals surface area contributed by atoms with E-state index in [0.717, 1.165) is 50.3 Å². The fraction of sp³-hybridized carbons (Fsp3) is 0.480. The Morgan fingerprint density at radius 1 is 1.06 bits per heavy atom. The second-order valence-electron chi connectivity index (χ2n) is 7.83. The molecule has 1 atom stereocenters. The normalized spacial score (nSPS) is 15.0. The van der Waals surface area contributed by atoms with E-state index < -0.39 is 5.97 Å².